The van der Waals surface area contributed by atoms with Crippen molar-refractivity contribution in [2.75, 3.05) is 0 Å². The quantitative estimate of drug-likeness (QED) is 0.717. The van der Waals surface area contributed by atoms with Gasteiger partial charge in [0.2, 0.25) is 0 Å². The molecule has 2 aromatic rings. The molecule has 2 spiro atoms. The summed E-state index contributed by atoms with van der Waals surface area (Å²) in [4.78, 5) is 24.4. The number of carbonyl (C=O) groups is 1. The number of carbonyl (C=O) groups excluding carboxylic acids is 1. The first-order chi connectivity index (χ1) is 16.2. The van der Waals surface area contributed by atoms with Crippen molar-refractivity contribution in [3.63, 3.8) is 0 Å². The van der Waals surface area contributed by atoms with Crippen molar-refractivity contribution >= 4 is 11.9 Å². The molecule has 34 heavy (non-hydrogen) atoms. The lowest BCUT2D eigenvalue weighted by Gasteiger charge is -2.45. The number of hydrogen-bond acceptors (Lipinski definition) is 5. The maximum atomic E-state index is 14.1. The SMILES string of the molecule is CC(C)N1C(=O)C2(N=C1N)c1cc(-c3cncc(F)c3)ccc1CC21CCC(OC(F)F)CC1. The maximum absolute atomic E-state index is 14.1. The molecule has 1 unspecified atom stereocenters. The largest absolute Gasteiger partial charge is 0.369 e. The number of benzene rings is 1. The molecule has 6 nitrogen and oxygen atoms in total. The molecule has 1 aromatic carbocycles. The van der Waals surface area contributed by atoms with Gasteiger partial charge in [-0.25, -0.2) is 9.38 Å². The molecule has 0 saturated heterocycles. The summed E-state index contributed by atoms with van der Waals surface area (Å²) in [6.45, 7) is 0.933. The first-order valence-corrected chi connectivity index (χ1v) is 11.5. The second kappa shape index (κ2) is 8.08. The molecule has 2 heterocycles. The Morgan fingerprint density at radius 2 is 1.88 bits per heavy atom. The van der Waals surface area contributed by atoms with E-state index in [1.54, 1.807) is 6.20 Å². The van der Waals surface area contributed by atoms with Crippen molar-refractivity contribution in [1.82, 2.24) is 9.88 Å². The molecule has 9 heteroatoms. The molecular formula is C25H27F3N4O2. The molecule has 2 N–H and O–H groups in total. The van der Waals surface area contributed by atoms with Crippen LogP contribution in [-0.4, -0.2) is 40.5 Å². The predicted octanol–water partition coefficient (Wildman–Crippen LogP) is 4.37. The summed E-state index contributed by atoms with van der Waals surface area (Å²) >= 11 is 0. The minimum absolute atomic E-state index is 0.163. The normalized spacial score (nSPS) is 28.4. The fraction of sp³-hybridized carbons (Fsp3) is 0.480. The van der Waals surface area contributed by atoms with Gasteiger partial charge < -0.3 is 10.5 Å². The molecule has 180 valence electrons. The Balaban J connectivity index is 1.63. The van der Waals surface area contributed by atoms with E-state index in [9.17, 15) is 18.0 Å². The van der Waals surface area contributed by atoms with Gasteiger partial charge in [0.05, 0.1) is 12.3 Å². The fourth-order valence-corrected chi connectivity index (χ4v) is 6.13. The van der Waals surface area contributed by atoms with E-state index in [-0.39, 0.29) is 17.9 Å². The molecule has 1 aliphatic heterocycles. The van der Waals surface area contributed by atoms with Gasteiger partial charge in [-0.05, 0) is 74.8 Å². The molecule has 1 saturated carbocycles. The minimum atomic E-state index is -2.82. The Morgan fingerprint density at radius 1 is 1.15 bits per heavy atom. The number of pyridine rings is 1. The summed E-state index contributed by atoms with van der Waals surface area (Å²) in [6, 6.07) is 6.94. The summed E-state index contributed by atoms with van der Waals surface area (Å²) in [5.41, 5.74) is 7.50. The van der Waals surface area contributed by atoms with Crippen molar-refractivity contribution in [3.05, 3.63) is 53.6 Å². The average molecular weight is 473 g/mol. The Labute approximate surface area is 196 Å². The van der Waals surface area contributed by atoms with Gasteiger partial charge in [0, 0.05) is 23.2 Å². The van der Waals surface area contributed by atoms with E-state index >= 15 is 0 Å². The second-order valence-electron chi connectivity index (χ2n) is 9.77. The van der Waals surface area contributed by atoms with Crippen LogP contribution in [0.2, 0.25) is 0 Å². The van der Waals surface area contributed by atoms with Crippen LogP contribution >= 0.6 is 0 Å². The van der Waals surface area contributed by atoms with Crippen LogP contribution in [0.25, 0.3) is 11.1 Å². The number of alkyl halides is 2. The summed E-state index contributed by atoms with van der Waals surface area (Å²) in [5, 5.41) is 0. The third kappa shape index (κ3) is 3.32. The van der Waals surface area contributed by atoms with Crippen LogP contribution in [-0.2, 0) is 21.5 Å². The lowest BCUT2D eigenvalue weighted by Crippen LogP contribution is -2.53. The van der Waals surface area contributed by atoms with E-state index < -0.39 is 29.5 Å². The van der Waals surface area contributed by atoms with E-state index in [0.717, 1.165) is 22.9 Å². The number of nitrogens with zero attached hydrogens (tertiary/aromatic N) is 3. The first-order valence-electron chi connectivity index (χ1n) is 11.5. The Hall–Kier alpha value is -2.94. The predicted molar refractivity (Wildman–Crippen MR) is 120 cm³/mol. The summed E-state index contributed by atoms with van der Waals surface area (Å²) < 4.78 is 44.3. The van der Waals surface area contributed by atoms with Gasteiger partial charge in [-0.1, -0.05) is 12.1 Å². The number of amides is 1. The fourth-order valence-electron chi connectivity index (χ4n) is 6.13. The molecule has 1 amide bonds. The lowest BCUT2D eigenvalue weighted by atomic mass is 9.61. The van der Waals surface area contributed by atoms with E-state index in [0.29, 0.717) is 37.7 Å². The topological polar surface area (TPSA) is 80.8 Å². The van der Waals surface area contributed by atoms with E-state index in [4.69, 9.17) is 15.5 Å². The van der Waals surface area contributed by atoms with Gasteiger partial charge in [0.1, 0.15) is 5.82 Å². The van der Waals surface area contributed by atoms with Crippen LogP contribution in [0.1, 0.15) is 50.7 Å². The zero-order valence-corrected chi connectivity index (χ0v) is 19.1. The molecule has 5 rings (SSSR count). The molecule has 1 aromatic heterocycles. The highest BCUT2D eigenvalue weighted by atomic mass is 19.3. The van der Waals surface area contributed by atoms with Gasteiger partial charge in [-0.15, -0.1) is 0 Å². The number of ether oxygens (including phenoxy) is 1. The van der Waals surface area contributed by atoms with Gasteiger partial charge in [-0.3, -0.25) is 14.7 Å². The first kappa shape index (κ1) is 22.8. The number of aromatic nitrogens is 1. The van der Waals surface area contributed by atoms with Gasteiger partial charge >= 0.3 is 6.61 Å². The van der Waals surface area contributed by atoms with Crippen molar-refractivity contribution in [2.24, 2.45) is 16.1 Å². The third-order valence-electron chi connectivity index (χ3n) is 7.59. The number of fused-ring (bicyclic) bond motifs is 3. The minimum Gasteiger partial charge on any atom is -0.369 e. The molecule has 1 fully saturated rings. The van der Waals surface area contributed by atoms with Gasteiger partial charge in [0.15, 0.2) is 11.5 Å². The number of nitrogens with two attached hydrogens (primary N) is 1. The zero-order valence-electron chi connectivity index (χ0n) is 19.1. The molecular weight excluding hydrogens is 445 g/mol. The second-order valence-corrected chi connectivity index (χ2v) is 9.77. The molecule has 0 radical (unpaired) electrons. The number of rotatable bonds is 4. The Morgan fingerprint density at radius 3 is 2.50 bits per heavy atom. The van der Waals surface area contributed by atoms with E-state index in [2.05, 4.69) is 4.98 Å². The number of halogens is 3. The molecule has 0 bridgehead atoms. The standard InChI is InChI=1S/C25H27F3N4O2/c1-14(2)32-21(33)25(31-23(32)29)20-10-15(17-9-18(26)13-30-12-17)3-4-16(20)11-24(25)7-5-19(6-8-24)34-22(27)28/h3-4,9-10,12-14,19,22H,5-8,11H2,1-2H3,(H2,29,31). The smallest absolute Gasteiger partial charge is 0.345 e. The average Bonchev–Trinajstić information content (AvgIpc) is 3.20. The van der Waals surface area contributed by atoms with E-state index in [1.807, 2.05) is 32.0 Å². The highest BCUT2D eigenvalue weighted by Gasteiger charge is 2.67. The van der Waals surface area contributed by atoms with Gasteiger partial charge in [0.25, 0.3) is 5.91 Å². The van der Waals surface area contributed by atoms with Crippen LogP contribution in [0.15, 0.2) is 41.7 Å². The zero-order chi connectivity index (χ0) is 24.3. The van der Waals surface area contributed by atoms with Crippen LogP contribution in [0.5, 0.6) is 0 Å². The van der Waals surface area contributed by atoms with Gasteiger partial charge in [-0.2, -0.15) is 8.78 Å². The van der Waals surface area contributed by atoms with Crippen molar-refractivity contribution < 1.29 is 22.7 Å². The summed E-state index contributed by atoms with van der Waals surface area (Å²) in [5.74, 6) is -0.482. The summed E-state index contributed by atoms with van der Waals surface area (Å²) in [6.07, 6.45) is 4.56. The maximum Gasteiger partial charge on any atom is 0.345 e. The Kier molecular flexibility index (Phi) is 5.42. The van der Waals surface area contributed by atoms with Crippen LogP contribution < -0.4 is 5.73 Å². The van der Waals surface area contributed by atoms with E-state index in [1.165, 1.54) is 11.0 Å². The van der Waals surface area contributed by atoms with Crippen molar-refractivity contribution in [1.29, 1.82) is 0 Å². The summed E-state index contributed by atoms with van der Waals surface area (Å²) in [7, 11) is 0. The number of hydrogen-bond donors (Lipinski definition) is 1. The third-order valence-corrected chi connectivity index (χ3v) is 7.59. The van der Waals surface area contributed by atoms with Crippen LogP contribution in [0, 0.1) is 11.2 Å². The molecule has 1 atom stereocenters. The molecule has 2 aliphatic carbocycles. The molecule has 3 aliphatic rings. The van der Waals surface area contributed by atoms with Crippen LogP contribution in [0.3, 0.4) is 0 Å². The highest BCUT2D eigenvalue weighted by Crippen LogP contribution is 2.62. The monoisotopic (exact) mass is 472 g/mol. The highest BCUT2D eigenvalue weighted by molar-refractivity contribution is 6.08. The van der Waals surface area contributed by atoms with Crippen LogP contribution in [0.4, 0.5) is 13.2 Å². The number of guanidine groups is 1. The number of aliphatic imine (C=N–C) groups is 1. The van der Waals surface area contributed by atoms with Crippen molar-refractivity contribution in [2.45, 2.75) is 70.2 Å². The lowest BCUT2D eigenvalue weighted by molar-refractivity contribution is -0.179. The Bertz CT molecular complexity index is 1160. The van der Waals surface area contributed by atoms with Crippen molar-refractivity contribution in [3.8, 4) is 11.1 Å².